The van der Waals surface area contributed by atoms with Gasteiger partial charge in [0.2, 0.25) is 5.91 Å². The van der Waals surface area contributed by atoms with Crippen LogP contribution in [0.15, 0.2) is 30.3 Å². The fourth-order valence-corrected chi connectivity index (χ4v) is 2.17. The first kappa shape index (κ1) is 11.2. The molecule has 0 aliphatic carbocycles. The van der Waals surface area contributed by atoms with E-state index in [2.05, 4.69) is 12.1 Å². The van der Waals surface area contributed by atoms with E-state index in [1.54, 1.807) is 0 Å². The lowest BCUT2D eigenvalue weighted by Crippen LogP contribution is -2.32. The molecule has 86 valence electrons. The molecular weight excluding hydrogens is 198 g/mol. The Labute approximate surface area is 97.3 Å². The number of likely N-dealkylation sites (tertiary alicyclic amines) is 1. The number of benzene rings is 1. The van der Waals surface area contributed by atoms with Gasteiger partial charge in [0.25, 0.3) is 0 Å². The maximum absolute atomic E-state index is 12.0. The fraction of sp³-hybridized carbons (Fsp3) is 0.500. The van der Waals surface area contributed by atoms with Crippen molar-refractivity contribution in [2.45, 2.75) is 26.7 Å². The predicted molar refractivity (Wildman–Crippen MR) is 65.1 cm³/mol. The fourth-order valence-electron chi connectivity index (χ4n) is 2.17. The van der Waals surface area contributed by atoms with Crippen molar-refractivity contribution in [2.24, 2.45) is 5.41 Å². The van der Waals surface area contributed by atoms with Crippen LogP contribution in [0.5, 0.6) is 0 Å². The smallest absolute Gasteiger partial charge is 0.228 e. The number of carbonyl (C=O) groups is 1. The first-order valence-electron chi connectivity index (χ1n) is 5.93. The quantitative estimate of drug-likeness (QED) is 0.761. The summed E-state index contributed by atoms with van der Waals surface area (Å²) in [6.45, 7) is 5.85. The van der Waals surface area contributed by atoms with E-state index in [-0.39, 0.29) is 5.41 Å². The number of amides is 1. The molecule has 2 heteroatoms. The molecule has 1 aliphatic rings. The van der Waals surface area contributed by atoms with Crippen molar-refractivity contribution >= 4 is 5.91 Å². The molecule has 1 heterocycles. The van der Waals surface area contributed by atoms with Gasteiger partial charge in [-0.2, -0.15) is 0 Å². The molecule has 1 aliphatic heterocycles. The molecule has 0 bridgehead atoms. The van der Waals surface area contributed by atoms with E-state index in [0.717, 1.165) is 25.9 Å². The van der Waals surface area contributed by atoms with Gasteiger partial charge in [-0.25, -0.2) is 0 Å². The van der Waals surface area contributed by atoms with Crippen LogP contribution in [0.2, 0.25) is 0 Å². The summed E-state index contributed by atoms with van der Waals surface area (Å²) in [5.74, 6) is 0.309. The lowest BCUT2D eigenvalue weighted by atomic mass is 9.92. The molecule has 2 rings (SSSR count). The summed E-state index contributed by atoms with van der Waals surface area (Å²) in [4.78, 5) is 14.0. The maximum Gasteiger partial charge on any atom is 0.228 e. The van der Waals surface area contributed by atoms with Crippen LogP contribution < -0.4 is 0 Å². The Morgan fingerprint density at radius 1 is 1.25 bits per heavy atom. The minimum absolute atomic E-state index is 0.142. The maximum atomic E-state index is 12.0. The molecule has 0 N–H and O–H groups in total. The molecule has 0 radical (unpaired) electrons. The van der Waals surface area contributed by atoms with E-state index in [4.69, 9.17) is 0 Å². The topological polar surface area (TPSA) is 20.3 Å². The van der Waals surface area contributed by atoms with Crippen LogP contribution in [0.3, 0.4) is 0 Å². The Morgan fingerprint density at radius 2 is 1.94 bits per heavy atom. The highest BCUT2D eigenvalue weighted by atomic mass is 16.2. The van der Waals surface area contributed by atoms with Gasteiger partial charge in [0.05, 0.1) is 0 Å². The zero-order valence-corrected chi connectivity index (χ0v) is 10.1. The monoisotopic (exact) mass is 217 g/mol. The summed E-state index contributed by atoms with van der Waals surface area (Å²) in [7, 11) is 0. The molecule has 1 aromatic rings. The van der Waals surface area contributed by atoms with Gasteiger partial charge in [-0.15, -0.1) is 0 Å². The van der Waals surface area contributed by atoms with Crippen molar-refractivity contribution in [1.82, 2.24) is 4.90 Å². The van der Waals surface area contributed by atoms with Crippen LogP contribution in [0, 0.1) is 5.41 Å². The molecular formula is C14H19NO. The summed E-state index contributed by atoms with van der Waals surface area (Å²) in [5.41, 5.74) is 1.16. The molecule has 0 spiro atoms. The Bertz CT molecular complexity index is 370. The lowest BCUT2D eigenvalue weighted by molar-refractivity contribution is -0.134. The molecule has 1 aromatic carbocycles. The van der Waals surface area contributed by atoms with Gasteiger partial charge in [0, 0.05) is 18.5 Å². The highest BCUT2D eigenvalue weighted by Gasteiger charge is 2.37. The molecule has 1 amide bonds. The van der Waals surface area contributed by atoms with E-state index in [1.165, 1.54) is 5.56 Å². The molecule has 0 unspecified atom stereocenters. The second-order valence-corrected chi connectivity index (χ2v) is 5.16. The van der Waals surface area contributed by atoms with Gasteiger partial charge in [-0.1, -0.05) is 44.2 Å². The van der Waals surface area contributed by atoms with Gasteiger partial charge in [0.15, 0.2) is 0 Å². The highest BCUT2D eigenvalue weighted by Crippen LogP contribution is 2.30. The second-order valence-electron chi connectivity index (χ2n) is 5.16. The third kappa shape index (κ3) is 2.26. The molecule has 1 saturated heterocycles. The van der Waals surface area contributed by atoms with Crippen molar-refractivity contribution in [3.8, 4) is 0 Å². The van der Waals surface area contributed by atoms with E-state index >= 15 is 0 Å². The first-order chi connectivity index (χ1) is 7.59. The van der Waals surface area contributed by atoms with Crippen molar-refractivity contribution < 1.29 is 4.79 Å². The van der Waals surface area contributed by atoms with Crippen molar-refractivity contribution in [1.29, 1.82) is 0 Å². The Kier molecular flexibility index (Phi) is 2.99. The van der Waals surface area contributed by atoms with Gasteiger partial charge >= 0.3 is 0 Å². The van der Waals surface area contributed by atoms with Crippen molar-refractivity contribution in [2.75, 3.05) is 13.1 Å². The summed E-state index contributed by atoms with van der Waals surface area (Å²) >= 11 is 0. The summed E-state index contributed by atoms with van der Waals surface area (Å²) < 4.78 is 0. The Balaban J connectivity index is 1.91. The largest absolute Gasteiger partial charge is 0.342 e. The number of hydrogen-bond acceptors (Lipinski definition) is 1. The standard InChI is InChI=1S/C14H19NO/c1-14(2)9-11-15(13(14)16)10-8-12-6-4-3-5-7-12/h3-7H,8-11H2,1-2H3. The summed E-state index contributed by atoms with van der Waals surface area (Å²) in [6, 6.07) is 10.3. The number of nitrogens with zero attached hydrogens (tertiary/aromatic N) is 1. The average Bonchev–Trinajstić information content (AvgIpc) is 2.54. The van der Waals surface area contributed by atoms with Crippen LogP contribution in [-0.4, -0.2) is 23.9 Å². The Hall–Kier alpha value is -1.31. The predicted octanol–water partition coefficient (Wildman–Crippen LogP) is 2.49. The summed E-state index contributed by atoms with van der Waals surface area (Å²) in [6.07, 6.45) is 1.95. The van der Waals surface area contributed by atoms with E-state index in [0.29, 0.717) is 5.91 Å². The van der Waals surface area contributed by atoms with Gasteiger partial charge in [-0.05, 0) is 18.4 Å². The van der Waals surface area contributed by atoms with E-state index in [1.807, 2.05) is 36.9 Å². The average molecular weight is 217 g/mol. The van der Waals surface area contributed by atoms with Crippen LogP contribution in [0.25, 0.3) is 0 Å². The molecule has 0 saturated carbocycles. The third-order valence-corrected chi connectivity index (χ3v) is 3.39. The van der Waals surface area contributed by atoms with Crippen LogP contribution >= 0.6 is 0 Å². The van der Waals surface area contributed by atoms with Gasteiger partial charge in [-0.3, -0.25) is 4.79 Å². The zero-order chi connectivity index (χ0) is 11.6. The SMILES string of the molecule is CC1(C)CCN(CCc2ccccc2)C1=O. The number of rotatable bonds is 3. The first-order valence-corrected chi connectivity index (χ1v) is 5.93. The van der Waals surface area contributed by atoms with E-state index in [9.17, 15) is 4.79 Å². The van der Waals surface area contributed by atoms with Gasteiger partial charge < -0.3 is 4.90 Å². The molecule has 0 aromatic heterocycles. The minimum Gasteiger partial charge on any atom is -0.342 e. The lowest BCUT2D eigenvalue weighted by Gasteiger charge is -2.19. The van der Waals surface area contributed by atoms with Gasteiger partial charge in [0.1, 0.15) is 0 Å². The number of hydrogen-bond donors (Lipinski definition) is 0. The third-order valence-electron chi connectivity index (χ3n) is 3.39. The van der Waals surface area contributed by atoms with Crippen LogP contribution in [-0.2, 0) is 11.2 Å². The normalized spacial score (nSPS) is 19.1. The zero-order valence-electron chi connectivity index (χ0n) is 10.1. The van der Waals surface area contributed by atoms with Crippen molar-refractivity contribution in [3.63, 3.8) is 0 Å². The molecule has 2 nitrogen and oxygen atoms in total. The minimum atomic E-state index is -0.142. The highest BCUT2D eigenvalue weighted by molar-refractivity contribution is 5.83. The van der Waals surface area contributed by atoms with E-state index < -0.39 is 0 Å². The molecule has 16 heavy (non-hydrogen) atoms. The second kappa shape index (κ2) is 4.28. The molecule has 1 fully saturated rings. The molecule has 0 atom stereocenters. The van der Waals surface area contributed by atoms with Crippen molar-refractivity contribution in [3.05, 3.63) is 35.9 Å². The van der Waals surface area contributed by atoms with Crippen LogP contribution in [0.4, 0.5) is 0 Å². The van der Waals surface area contributed by atoms with Crippen LogP contribution in [0.1, 0.15) is 25.8 Å². The number of carbonyl (C=O) groups excluding carboxylic acids is 1. The Morgan fingerprint density at radius 3 is 2.50 bits per heavy atom. The summed E-state index contributed by atoms with van der Waals surface area (Å²) in [5, 5.41) is 0.